The first-order chi connectivity index (χ1) is 7.60. The summed E-state index contributed by atoms with van der Waals surface area (Å²) in [6, 6.07) is 4.35. The maximum Gasteiger partial charge on any atom is 0.128 e. The molecule has 0 spiro atoms. The number of rotatable bonds is 5. The van der Waals surface area contributed by atoms with Gasteiger partial charge in [0.05, 0.1) is 6.04 Å². The van der Waals surface area contributed by atoms with Crippen molar-refractivity contribution in [3.63, 3.8) is 0 Å². The number of hydrogen-bond donors (Lipinski definition) is 2. The SMILES string of the molecule is CCCC(C)C(NN)c1cc(Cl)ccc1F. The maximum atomic E-state index is 13.7. The quantitative estimate of drug-likeness (QED) is 0.615. The van der Waals surface area contributed by atoms with E-state index in [1.54, 1.807) is 12.1 Å². The first kappa shape index (κ1) is 13.4. The lowest BCUT2D eigenvalue weighted by atomic mass is 9.91. The highest BCUT2D eigenvalue weighted by Crippen LogP contribution is 2.28. The Morgan fingerprint density at radius 2 is 2.19 bits per heavy atom. The molecule has 2 unspecified atom stereocenters. The molecule has 4 heteroatoms. The fraction of sp³-hybridized carbons (Fsp3) is 0.500. The van der Waals surface area contributed by atoms with E-state index in [-0.39, 0.29) is 17.8 Å². The molecule has 0 aliphatic rings. The maximum absolute atomic E-state index is 13.7. The molecular weight excluding hydrogens is 227 g/mol. The van der Waals surface area contributed by atoms with Gasteiger partial charge in [-0.15, -0.1) is 0 Å². The molecule has 1 aromatic rings. The number of nitrogens with one attached hydrogen (secondary N) is 1. The number of hydrazine groups is 1. The van der Waals surface area contributed by atoms with Crippen molar-refractivity contribution >= 4 is 11.6 Å². The lowest BCUT2D eigenvalue weighted by molar-refractivity contribution is 0.358. The molecule has 0 aliphatic heterocycles. The summed E-state index contributed by atoms with van der Waals surface area (Å²) < 4.78 is 13.7. The van der Waals surface area contributed by atoms with E-state index in [9.17, 15) is 4.39 Å². The van der Waals surface area contributed by atoms with Crippen LogP contribution in [0.1, 0.15) is 38.3 Å². The third kappa shape index (κ3) is 3.17. The van der Waals surface area contributed by atoms with E-state index in [1.165, 1.54) is 6.07 Å². The van der Waals surface area contributed by atoms with Gasteiger partial charge < -0.3 is 0 Å². The van der Waals surface area contributed by atoms with Gasteiger partial charge in [-0.1, -0.05) is 31.9 Å². The minimum Gasteiger partial charge on any atom is -0.271 e. The summed E-state index contributed by atoms with van der Waals surface area (Å²) in [5.41, 5.74) is 3.21. The first-order valence-corrected chi connectivity index (χ1v) is 5.89. The Bertz CT molecular complexity index is 344. The molecule has 0 bridgehead atoms. The summed E-state index contributed by atoms with van der Waals surface area (Å²) in [5, 5.41) is 0.528. The van der Waals surface area contributed by atoms with E-state index in [1.807, 2.05) is 6.92 Å². The van der Waals surface area contributed by atoms with Crippen LogP contribution in [-0.4, -0.2) is 0 Å². The molecule has 2 nitrogen and oxygen atoms in total. The molecule has 0 aromatic heterocycles. The second-order valence-electron chi connectivity index (χ2n) is 4.08. The summed E-state index contributed by atoms with van der Waals surface area (Å²) >= 11 is 5.86. The van der Waals surface area contributed by atoms with Crippen LogP contribution in [0.3, 0.4) is 0 Å². The van der Waals surface area contributed by atoms with Crippen molar-refractivity contribution < 1.29 is 4.39 Å². The third-order valence-corrected chi connectivity index (χ3v) is 3.02. The Morgan fingerprint density at radius 1 is 1.50 bits per heavy atom. The summed E-state index contributed by atoms with van der Waals surface area (Å²) in [7, 11) is 0. The molecule has 16 heavy (non-hydrogen) atoms. The van der Waals surface area contributed by atoms with Crippen LogP contribution in [0, 0.1) is 11.7 Å². The second kappa shape index (κ2) is 6.18. The zero-order valence-electron chi connectivity index (χ0n) is 9.63. The van der Waals surface area contributed by atoms with Crippen LogP contribution in [0.5, 0.6) is 0 Å². The Morgan fingerprint density at radius 3 is 2.75 bits per heavy atom. The minimum absolute atomic E-state index is 0.196. The van der Waals surface area contributed by atoms with Gasteiger partial charge in [0.15, 0.2) is 0 Å². The third-order valence-electron chi connectivity index (χ3n) is 2.79. The summed E-state index contributed by atoms with van der Waals surface area (Å²) in [4.78, 5) is 0. The van der Waals surface area contributed by atoms with Crippen molar-refractivity contribution in [2.45, 2.75) is 32.7 Å². The summed E-state index contributed by atoms with van der Waals surface area (Å²) in [6.07, 6.45) is 2.03. The fourth-order valence-corrected chi connectivity index (χ4v) is 2.12. The van der Waals surface area contributed by atoms with Crippen molar-refractivity contribution in [2.24, 2.45) is 11.8 Å². The molecule has 0 fully saturated rings. The van der Waals surface area contributed by atoms with E-state index in [0.29, 0.717) is 10.6 Å². The Hall–Kier alpha value is -0.640. The Kier molecular flexibility index (Phi) is 5.19. The molecule has 0 amide bonds. The van der Waals surface area contributed by atoms with Crippen LogP contribution in [0.25, 0.3) is 0 Å². The molecule has 0 heterocycles. The van der Waals surface area contributed by atoms with Gasteiger partial charge in [-0.3, -0.25) is 11.3 Å². The lowest BCUT2D eigenvalue weighted by Crippen LogP contribution is -2.33. The second-order valence-corrected chi connectivity index (χ2v) is 4.51. The predicted octanol–water partition coefficient (Wildman–Crippen LogP) is 3.42. The first-order valence-electron chi connectivity index (χ1n) is 5.51. The van der Waals surface area contributed by atoms with Crippen molar-refractivity contribution in [3.8, 4) is 0 Å². The molecule has 90 valence electrons. The van der Waals surface area contributed by atoms with E-state index < -0.39 is 0 Å². The molecule has 0 radical (unpaired) electrons. The van der Waals surface area contributed by atoms with Crippen LogP contribution in [0.15, 0.2) is 18.2 Å². The highest BCUT2D eigenvalue weighted by atomic mass is 35.5. The molecule has 0 aliphatic carbocycles. The Balaban J connectivity index is 2.98. The highest BCUT2D eigenvalue weighted by Gasteiger charge is 2.20. The van der Waals surface area contributed by atoms with Gasteiger partial charge in [-0.2, -0.15) is 0 Å². The molecule has 0 saturated heterocycles. The minimum atomic E-state index is -0.268. The van der Waals surface area contributed by atoms with Gasteiger partial charge in [0.1, 0.15) is 5.82 Å². The van der Waals surface area contributed by atoms with E-state index in [4.69, 9.17) is 17.4 Å². The van der Waals surface area contributed by atoms with Crippen LogP contribution in [0.4, 0.5) is 4.39 Å². The average Bonchev–Trinajstić information content (AvgIpc) is 2.24. The van der Waals surface area contributed by atoms with Gasteiger partial charge in [0.25, 0.3) is 0 Å². The van der Waals surface area contributed by atoms with Gasteiger partial charge >= 0.3 is 0 Å². The molecular formula is C12H18ClFN2. The summed E-state index contributed by atoms with van der Waals surface area (Å²) in [5.74, 6) is 5.49. The predicted molar refractivity (Wildman–Crippen MR) is 65.5 cm³/mol. The zero-order valence-corrected chi connectivity index (χ0v) is 10.4. The average molecular weight is 245 g/mol. The fourth-order valence-electron chi connectivity index (χ4n) is 1.94. The molecule has 1 rings (SSSR count). The van der Waals surface area contributed by atoms with Gasteiger partial charge in [-0.05, 0) is 30.5 Å². The van der Waals surface area contributed by atoms with Crippen molar-refractivity contribution in [1.29, 1.82) is 0 Å². The topological polar surface area (TPSA) is 38.0 Å². The van der Waals surface area contributed by atoms with Gasteiger partial charge in [0.2, 0.25) is 0 Å². The smallest absolute Gasteiger partial charge is 0.128 e. The number of halogens is 2. The molecule has 0 saturated carbocycles. The molecule has 2 atom stereocenters. The van der Waals surface area contributed by atoms with E-state index >= 15 is 0 Å². The number of nitrogens with two attached hydrogens (primary N) is 1. The van der Waals surface area contributed by atoms with Crippen molar-refractivity contribution in [2.75, 3.05) is 0 Å². The largest absolute Gasteiger partial charge is 0.271 e. The van der Waals surface area contributed by atoms with E-state index in [2.05, 4.69) is 12.3 Å². The number of benzene rings is 1. The van der Waals surface area contributed by atoms with Crippen LogP contribution < -0.4 is 11.3 Å². The van der Waals surface area contributed by atoms with E-state index in [0.717, 1.165) is 12.8 Å². The van der Waals surface area contributed by atoms with Gasteiger partial charge in [-0.25, -0.2) is 4.39 Å². The van der Waals surface area contributed by atoms with Crippen LogP contribution in [-0.2, 0) is 0 Å². The van der Waals surface area contributed by atoms with Crippen molar-refractivity contribution in [1.82, 2.24) is 5.43 Å². The Labute approximate surface area is 101 Å². The standard InChI is InChI=1S/C12H18ClFN2/c1-3-4-8(2)12(16-15)10-7-9(13)5-6-11(10)14/h5-8,12,16H,3-4,15H2,1-2H3. The molecule has 1 aromatic carbocycles. The normalized spacial score (nSPS) is 14.8. The van der Waals surface area contributed by atoms with Gasteiger partial charge in [0, 0.05) is 10.6 Å². The van der Waals surface area contributed by atoms with Crippen LogP contribution >= 0.6 is 11.6 Å². The number of hydrogen-bond acceptors (Lipinski definition) is 2. The zero-order chi connectivity index (χ0) is 12.1. The molecule has 3 N–H and O–H groups in total. The van der Waals surface area contributed by atoms with Crippen LogP contribution in [0.2, 0.25) is 5.02 Å². The lowest BCUT2D eigenvalue weighted by Gasteiger charge is -2.23. The monoisotopic (exact) mass is 244 g/mol. The highest BCUT2D eigenvalue weighted by molar-refractivity contribution is 6.30. The van der Waals surface area contributed by atoms with Crippen molar-refractivity contribution in [3.05, 3.63) is 34.6 Å². The summed E-state index contributed by atoms with van der Waals surface area (Å²) in [6.45, 7) is 4.15.